The van der Waals surface area contributed by atoms with Gasteiger partial charge < -0.3 is 10.4 Å². The molecule has 0 fully saturated rings. The Kier molecular flexibility index (Phi) is 9.07. The van der Waals surface area contributed by atoms with E-state index in [9.17, 15) is 13.2 Å². The van der Waals surface area contributed by atoms with Crippen LogP contribution in [0.5, 0.6) is 0 Å². The van der Waals surface area contributed by atoms with E-state index in [2.05, 4.69) is 14.6 Å². The summed E-state index contributed by atoms with van der Waals surface area (Å²) in [5.74, 6) is 0. The van der Waals surface area contributed by atoms with Gasteiger partial charge in [-0.2, -0.15) is 13.2 Å². The van der Waals surface area contributed by atoms with E-state index in [1.54, 1.807) is 0 Å². The summed E-state index contributed by atoms with van der Waals surface area (Å²) < 4.78 is 37.3. The average Bonchev–Trinajstić information content (AvgIpc) is 2.57. The van der Waals surface area contributed by atoms with Crippen molar-refractivity contribution < 1.29 is 18.3 Å². The van der Waals surface area contributed by atoms with Crippen molar-refractivity contribution in [2.75, 3.05) is 6.54 Å². The molecule has 150 valence electrons. The van der Waals surface area contributed by atoms with Crippen LogP contribution in [0.1, 0.15) is 39.7 Å². The average molecular weight is 420 g/mol. The number of nitrogens with one attached hydrogen (secondary N) is 1. The topological polar surface area (TPSA) is 32.3 Å². The summed E-state index contributed by atoms with van der Waals surface area (Å²) in [5.41, 5.74) is 4.51. The Morgan fingerprint density at radius 3 is 2.44 bits per heavy atom. The van der Waals surface area contributed by atoms with Crippen LogP contribution in [0.3, 0.4) is 0 Å². The maximum atomic E-state index is 12.4. The first-order valence-corrected chi connectivity index (χ1v) is 9.49. The van der Waals surface area contributed by atoms with E-state index >= 15 is 0 Å². The third kappa shape index (κ3) is 7.33. The Hall–Kier alpha value is -1.29. The maximum absolute atomic E-state index is 12.4. The first kappa shape index (κ1) is 23.7. The number of alkyl halides is 3. The molecule has 2 atom stereocenters. The minimum absolute atomic E-state index is 0.0174. The highest BCUT2D eigenvalue weighted by molar-refractivity contribution is 7.27. The van der Waals surface area contributed by atoms with E-state index in [0.717, 1.165) is 33.3 Å². The monoisotopic (exact) mass is 419 g/mol. The second kappa shape index (κ2) is 10.3. The van der Waals surface area contributed by atoms with Crippen molar-refractivity contribution >= 4 is 31.7 Å². The SMILES string of the molecule is C/C=C(\C=C(\C)C(NCCC(O)C(F)(F)F)=C(C)C)c1cc(Cl)ccc1P. The lowest BCUT2D eigenvalue weighted by atomic mass is 10.0. The lowest BCUT2D eigenvalue weighted by Gasteiger charge is -2.18. The van der Waals surface area contributed by atoms with Gasteiger partial charge in [-0.05, 0) is 74.3 Å². The second-order valence-corrected chi connectivity index (χ2v) is 7.51. The molecule has 2 nitrogen and oxygen atoms in total. The number of benzene rings is 1. The lowest BCUT2D eigenvalue weighted by Crippen LogP contribution is -2.32. The molecule has 2 unspecified atom stereocenters. The van der Waals surface area contributed by atoms with Crippen LogP contribution < -0.4 is 10.6 Å². The van der Waals surface area contributed by atoms with Gasteiger partial charge in [0, 0.05) is 17.3 Å². The molecule has 7 heteroatoms. The molecule has 0 spiro atoms. The Morgan fingerprint density at radius 2 is 1.93 bits per heavy atom. The molecule has 0 aromatic heterocycles. The van der Waals surface area contributed by atoms with E-state index in [0.29, 0.717) is 5.02 Å². The van der Waals surface area contributed by atoms with Gasteiger partial charge in [0.05, 0.1) is 0 Å². The van der Waals surface area contributed by atoms with Gasteiger partial charge in [-0.25, -0.2) is 0 Å². The molecule has 0 saturated heterocycles. The summed E-state index contributed by atoms with van der Waals surface area (Å²) in [7, 11) is 2.67. The molecule has 0 saturated carbocycles. The van der Waals surface area contributed by atoms with E-state index in [4.69, 9.17) is 16.7 Å². The summed E-state index contributed by atoms with van der Waals surface area (Å²) in [6.45, 7) is 7.60. The first-order valence-electron chi connectivity index (χ1n) is 8.53. The maximum Gasteiger partial charge on any atom is 0.414 e. The van der Waals surface area contributed by atoms with Gasteiger partial charge in [0.1, 0.15) is 0 Å². The molecule has 2 N–H and O–H groups in total. The predicted molar refractivity (Wildman–Crippen MR) is 111 cm³/mol. The van der Waals surface area contributed by atoms with Crippen LogP contribution in [0.2, 0.25) is 5.02 Å². The third-order valence-corrected chi connectivity index (χ3v) is 4.74. The van der Waals surface area contributed by atoms with Crippen LogP contribution in [0.25, 0.3) is 5.57 Å². The van der Waals surface area contributed by atoms with Gasteiger partial charge >= 0.3 is 6.18 Å². The molecular formula is C20H26ClF3NOP. The van der Waals surface area contributed by atoms with Crippen molar-refractivity contribution in [3.63, 3.8) is 0 Å². The first-order chi connectivity index (χ1) is 12.5. The molecule has 0 heterocycles. The predicted octanol–water partition coefficient (Wildman–Crippen LogP) is 5.39. The van der Waals surface area contributed by atoms with Gasteiger partial charge in [-0.1, -0.05) is 29.3 Å². The fourth-order valence-electron chi connectivity index (χ4n) is 2.61. The van der Waals surface area contributed by atoms with E-state index in [-0.39, 0.29) is 6.54 Å². The van der Waals surface area contributed by atoms with Crippen molar-refractivity contribution in [3.8, 4) is 0 Å². The molecule has 0 radical (unpaired) electrons. The normalized spacial score (nSPS) is 14.1. The molecule has 0 aliphatic rings. The molecule has 0 aliphatic heterocycles. The molecule has 27 heavy (non-hydrogen) atoms. The minimum Gasteiger partial charge on any atom is -0.385 e. The van der Waals surface area contributed by atoms with Crippen LogP contribution in [-0.4, -0.2) is 23.9 Å². The van der Waals surface area contributed by atoms with Crippen molar-refractivity contribution in [1.82, 2.24) is 5.32 Å². The number of hydrogen-bond donors (Lipinski definition) is 2. The van der Waals surface area contributed by atoms with E-state index in [1.165, 1.54) is 0 Å². The molecule has 1 rings (SSSR count). The summed E-state index contributed by atoms with van der Waals surface area (Å²) >= 11 is 6.11. The van der Waals surface area contributed by atoms with Gasteiger partial charge in [-0.15, -0.1) is 9.24 Å². The molecular weight excluding hydrogens is 394 g/mol. The zero-order valence-corrected chi connectivity index (χ0v) is 17.8. The van der Waals surface area contributed by atoms with Crippen LogP contribution in [0.4, 0.5) is 13.2 Å². The highest BCUT2D eigenvalue weighted by atomic mass is 35.5. The van der Waals surface area contributed by atoms with Crippen LogP contribution in [-0.2, 0) is 0 Å². The van der Waals surface area contributed by atoms with E-state index < -0.39 is 18.7 Å². The fraction of sp³-hybridized carbons (Fsp3) is 0.400. The highest BCUT2D eigenvalue weighted by Gasteiger charge is 2.37. The number of allylic oxidation sites excluding steroid dienone is 5. The van der Waals surface area contributed by atoms with Crippen LogP contribution in [0, 0.1) is 0 Å². The number of halogens is 4. The number of hydrogen-bond acceptors (Lipinski definition) is 2. The Bertz CT molecular complexity index is 750. The summed E-state index contributed by atoms with van der Waals surface area (Å²) in [6, 6.07) is 5.60. The van der Waals surface area contributed by atoms with Crippen LogP contribution >= 0.6 is 20.8 Å². The quantitative estimate of drug-likeness (QED) is 0.459. The number of aliphatic hydroxyl groups is 1. The Balaban J connectivity index is 3.01. The van der Waals surface area contributed by atoms with Crippen LogP contribution in [0.15, 0.2) is 47.2 Å². The highest BCUT2D eigenvalue weighted by Crippen LogP contribution is 2.25. The molecule has 1 aromatic rings. The largest absolute Gasteiger partial charge is 0.414 e. The lowest BCUT2D eigenvalue weighted by molar-refractivity contribution is -0.204. The smallest absolute Gasteiger partial charge is 0.385 e. The van der Waals surface area contributed by atoms with Crippen molar-refractivity contribution in [1.29, 1.82) is 0 Å². The van der Waals surface area contributed by atoms with Gasteiger partial charge in [0.25, 0.3) is 0 Å². The molecule has 0 bridgehead atoms. The van der Waals surface area contributed by atoms with Gasteiger partial charge in [0.2, 0.25) is 0 Å². The summed E-state index contributed by atoms with van der Waals surface area (Å²) in [4.78, 5) is 0. The third-order valence-electron chi connectivity index (χ3n) is 4.00. The Labute approximate surface area is 166 Å². The Morgan fingerprint density at radius 1 is 1.30 bits per heavy atom. The number of aliphatic hydroxyl groups excluding tert-OH is 1. The second-order valence-electron chi connectivity index (χ2n) is 6.45. The van der Waals surface area contributed by atoms with Crippen molar-refractivity contribution in [3.05, 3.63) is 57.8 Å². The summed E-state index contributed by atoms with van der Waals surface area (Å²) in [5, 5.41) is 13.8. The van der Waals surface area contributed by atoms with E-state index in [1.807, 2.05) is 58.0 Å². The standard InChI is InChI=1S/C20H26ClF3NOP/c1-5-14(16-11-15(21)6-7-17(16)27)10-13(4)19(12(2)3)25-9-8-18(26)20(22,23)24/h5-7,10-11,18,25-26H,8-9,27H2,1-4H3/b13-10-,14-5+. The van der Waals surface area contributed by atoms with Gasteiger partial charge in [0.15, 0.2) is 6.10 Å². The zero-order chi connectivity index (χ0) is 20.8. The number of rotatable bonds is 7. The zero-order valence-electron chi connectivity index (χ0n) is 15.9. The van der Waals surface area contributed by atoms with Crippen molar-refractivity contribution in [2.45, 2.75) is 46.4 Å². The molecule has 1 aromatic carbocycles. The van der Waals surface area contributed by atoms with Gasteiger partial charge in [-0.3, -0.25) is 0 Å². The fourth-order valence-corrected chi connectivity index (χ4v) is 3.13. The van der Waals surface area contributed by atoms with Crippen molar-refractivity contribution in [2.24, 2.45) is 0 Å². The minimum atomic E-state index is -4.60. The summed E-state index contributed by atoms with van der Waals surface area (Å²) in [6.07, 6.45) is -3.41. The molecule has 0 amide bonds. The molecule has 0 aliphatic carbocycles.